The summed E-state index contributed by atoms with van der Waals surface area (Å²) < 4.78 is 0. The van der Waals surface area contributed by atoms with Crippen molar-refractivity contribution < 1.29 is 0 Å². The van der Waals surface area contributed by atoms with Crippen molar-refractivity contribution in [2.75, 3.05) is 26.7 Å². The molecule has 1 aromatic rings. The van der Waals surface area contributed by atoms with Crippen LogP contribution in [0.2, 0.25) is 0 Å². The van der Waals surface area contributed by atoms with Crippen LogP contribution in [0.5, 0.6) is 0 Å². The highest BCUT2D eigenvalue weighted by Gasteiger charge is 2.42. The molecule has 1 atom stereocenters. The van der Waals surface area contributed by atoms with Gasteiger partial charge in [-0.1, -0.05) is 36.4 Å². The monoisotopic (exact) mass is 295 g/mol. The molecule has 1 unspecified atom stereocenters. The number of likely N-dealkylation sites (tertiary alicyclic amines) is 1. The van der Waals surface area contributed by atoms with Crippen LogP contribution in [0.1, 0.15) is 31.2 Å². The highest BCUT2D eigenvalue weighted by molar-refractivity contribution is 6.01. The molecule has 2 heterocycles. The Bertz CT molecular complexity index is 604. The lowest BCUT2D eigenvalue weighted by Gasteiger charge is -2.37. The third-order valence-electron chi connectivity index (χ3n) is 5.50. The van der Waals surface area contributed by atoms with Gasteiger partial charge in [-0.15, -0.1) is 0 Å². The Kier molecular flexibility index (Phi) is 3.53. The third-order valence-corrected chi connectivity index (χ3v) is 5.50. The number of benzene rings is 1. The zero-order valence-electron chi connectivity index (χ0n) is 13.5. The van der Waals surface area contributed by atoms with Gasteiger partial charge in [-0.05, 0) is 48.8 Å². The van der Waals surface area contributed by atoms with Gasteiger partial charge in [-0.25, -0.2) is 0 Å². The number of hydrogen-bond donors (Lipinski definition) is 0. The first-order chi connectivity index (χ1) is 10.7. The first kappa shape index (κ1) is 14.0. The highest BCUT2D eigenvalue weighted by Crippen LogP contribution is 2.45. The minimum absolute atomic E-state index is 0.475. The van der Waals surface area contributed by atoms with Crippen LogP contribution in [0.25, 0.3) is 0 Å². The largest absolute Gasteiger partial charge is 0.298 e. The van der Waals surface area contributed by atoms with Gasteiger partial charge in [0.05, 0.1) is 12.3 Å². The summed E-state index contributed by atoms with van der Waals surface area (Å²) in [4.78, 5) is 2.64. The summed E-state index contributed by atoms with van der Waals surface area (Å²) in [5.74, 6) is 0. The number of likely N-dealkylation sites (N-methyl/N-ethyl adjacent to an activating group) is 1. The van der Waals surface area contributed by atoms with Crippen LogP contribution in [0.4, 0.5) is 0 Å². The SMILES string of the molecule is CN1CC=C2CCC3(CCN(Cc4ccccc4)C3)CC2=N1. The van der Waals surface area contributed by atoms with Crippen molar-refractivity contribution in [3.05, 3.63) is 47.5 Å². The minimum atomic E-state index is 0.475. The van der Waals surface area contributed by atoms with Crippen molar-refractivity contribution >= 4 is 5.71 Å². The molecule has 1 spiro atoms. The van der Waals surface area contributed by atoms with Gasteiger partial charge in [-0.3, -0.25) is 9.91 Å². The van der Waals surface area contributed by atoms with Gasteiger partial charge in [-0.2, -0.15) is 5.10 Å². The Hall–Kier alpha value is -1.61. The molecule has 4 rings (SSSR count). The van der Waals surface area contributed by atoms with Gasteiger partial charge < -0.3 is 0 Å². The van der Waals surface area contributed by atoms with Gasteiger partial charge in [0.2, 0.25) is 0 Å². The molecule has 1 aliphatic carbocycles. The molecule has 3 heteroatoms. The van der Waals surface area contributed by atoms with Crippen molar-refractivity contribution in [2.24, 2.45) is 10.5 Å². The molecule has 0 N–H and O–H groups in total. The molecule has 3 nitrogen and oxygen atoms in total. The quantitative estimate of drug-likeness (QED) is 0.834. The zero-order valence-corrected chi connectivity index (χ0v) is 13.5. The number of hydrogen-bond acceptors (Lipinski definition) is 3. The van der Waals surface area contributed by atoms with E-state index in [9.17, 15) is 0 Å². The molecular formula is C19H25N3. The molecule has 3 aliphatic rings. The summed E-state index contributed by atoms with van der Waals surface area (Å²) >= 11 is 0. The highest BCUT2D eigenvalue weighted by atomic mass is 15.4. The minimum Gasteiger partial charge on any atom is -0.298 e. The average molecular weight is 295 g/mol. The molecule has 116 valence electrons. The van der Waals surface area contributed by atoms with E-state index in [1.54, 1.807) is 0 Å². The molecule has 0 aromatic heterocycles. The predicted molar refractivity (Wildman–Crippen MR) is 90.8 cm³/mol. The standard InChI is InChI=1S/C19H25N3/c1-21-11-8-17-7-9-19(13-18(17)20-21)10-12-22(15-19)14-16-5-3-2-4-6-16/h2-6,8H,7,9-15H2,1H3. The molecule has 0 radical (unpaired) electrons. The van der Waals surface area contributed by atoms with Gasteiger partial charge in [0.15, 0.2) is 0 Å². The van der Waals surface area contributed by atoms with Crippen molar-refractivity contribution in [1.29, 1.82) is 0 Å². The normalized spacial score (nSPS) is 28.5. The van der Waals surface area contributed by atoms with Gasteiger partial charge in [0.25, 0.3) is 0 Å². The van der Waals surface area contributed by atoms with E-state index in [-0.39, 0.29) is 0 Å². The Balaban J connectivity index is 1.45. The maximum absolute atomic E-state index is 4.80. The Morgan fingerprint density at radius 1 is 1.18 bits per heavy atom. The van der Waals surface area contributed by atoms with Crippen molar-refractivity contribution in [3.8, 4) is 0 Å². The number of fused-ring (bicyclic) bond motifs is 1. The van der Waals surface area contributed by atoms with Gasteiger partial charge >= 0.3 is 0 Å². The smallest absolute Gasteiger partial charge is 0.0640 e. The van der Waals surface area contributed by atoms with E-state index < -0.39 is 0 Å². The van der Waals surface area contributed by atoms with E-state index in [4.69, 9.17) is 5.10 Å². The molecular weight excluding hydrogens is 270 g/mol. The van der Waals surface area contributed by atoms with E-state index in [0.29, 0.717) is 5.41 Å². The second-order valence-corrected chi connectivity index (χ2v) is 7.24. The van der Waals surface area contributed by atoms with E-state index in [1.165, 1.54) is 55.6 Å². The number of hydrazone groups is 1. The first-order valence-electron chi connectivity index (χ1n) is 8.47. The van der Waals surface area contributed by atoms with E-state index >= 15 is 0 Å². The van der Waals surface area contributed by atoms with E-state index in [1.807, 2.05) is 0 Å². The third kappa shape index (κ3) is 2.70. The summed E-state index contributed by atoms with van der Waals surface area (Å²) in [6, 6.07) is 10.9. The fourth-order valence-electron chi connectivity index (χ4n) is 4.26. The first-order valence-corrected chi connectivity index (χ1v) is 8.47. The maximum Gasteiger partial charge on any atom is 0.0640 e. The van der Waals surface area contributed by atoms with Crippen LogP contribution in [0.15, 0.2) is 47.1 Å². The van der Waals surface area contributed by atoms with Crippen molar-refractivity contribution in [1.82, 2.24) is 9.91 Å². The van der Waals surface area contributed by atoms with Crippen molar-refractivity contribution in [2.45, 2.75) is 32.2 Å². The van der Waals surface area contributed by atoms with E-state index in [2.05, 4.69) is 53.4 Å². The fourth-order valence-corrected chi connectivity index (χ4v) is 4.26. The lowest BCUT2D eigenvalue weighted by molar-refractivity contribution is 0.234. The molecule has 1 saturated heterocycles. The topological polar surface area (TPSA) is 18.8 Å². The molecule has 1 aromatic carbocycles. The molecule has 0 bridgehead atoms. The lowest BCUT2D eigenvalue weighted by atomic mass is 9.70. The maximum atomic E-state index is 4.80. The lowest BCUT2D eigenvalue weighted by Crippen LogP contribution is -2.36. The summed E-state index contributed by atoms with van der Waals surface area (Å²) in [6.45, 7) is 4.54. The van der Waals surface area contributed by atoms with Crippen LogP contribution in [0.3, 0.4) is 0 Å². The Labute approximate surface area is 133 Å². The van der Waals surface area contributed by atoms with E-state index in [0.717, 1.165) is 13.1 Å². The molecule has 22 heavy (non-hydrogen) atoms. The molecule has 2 aliphatic heterocycles. The Morgan fingerprint density at radius 3 is 2.91 bits per heavy atom. The summed E-state index contributed by atoms with van der Waals surface area (Å²) in [7, 11) is 2.08. The average Bonchev–Trinajstić information content (AvgIpc) is 2.90. The molecule has 0 amide bonds. The number of nitrogens with zero attached hydrogens (tertiary/aromatic N) is 3. The second-order valence-electron chi connectivity index (χ2n) is 7.24. The number of rotatable bonds is 2. The molecule has 1 saturated carbocycles. The van der Waals surface area contributed by atoms with Gasteiger partial charge in [0, 0.05) is 20.1 Å². The summed E-state index contributed by atoms with van der Waals surface area (Å²) in [5, 5.41) is 6.87. The van der Waals surface area contributed by atoms with Crippen molar-refractivity contribution in [3.63, 3.8) is 0 Å². The summed E-state index contributed by atoms with van der Waals surface area (Å²) in [6.07, 6.45) is 7.45. The van der Waals surface area contributed by atoms with Crippen LogP contribution in [-0.2, 0) is 6.54 Å². The second kappa shape index (κ2) is 5.54. The number of allylic oxidation sites excluding steroid dienone is 1. The van der Waals surface area contributed by atoms with Crippen LogP contribution < -0.4 is 0 Å². The zero-order chi connectivity index (χ0) is 15.0. The fraction of sp³-hybridized carbons (Fsp3) is 0.526. The Morgan fingerprint density at radius 2 is 2.05 bits per heavy atom. The summed E-state index contributed by atoms with van der Waals surface area (Å²) in [5.41, 5.74) is 4.79. The van der Waals surface area contributed by atoms with Crippen LogP contribution in [0, 0.1) is 5.41 Å². The molecule has 2 fully saturated rings. The van der Waals surface area contributed by atoms with Crippen LogP contribution >= 0.6 is 0 Å². The predicted octanol–water partition coefficient (Wildman–Crippen LogP) is 3.29. The van der Waals surface area contributed by atoms with Crippen LogP contribution in [-0.4, -0.2) is 42.3 Å². The van der Waals surface area contributed by atoms with Gasteiger partial charge in [0.1, 0.15) is 0 Å².